The van der Waals surface area contributed by atoms with Crippen LogP contribution in [0, 0.1) is 17.0 Å². The van der Waals surface area contributed by atoms with Crippen molar-refractivity contribution in [2.75, 3.05) is 7.05 Å². The molecule has 0 bridgehead atoms. The van der Waals surface area contributed by atoms with Gasteiger partial charge in [-0.3, -0.25) is 14.8 Å². The summed E-state index contributed by atoms with van der Waals surface area (Å²) < 4.78 is 1.77. The average molecular weight is 254 g/mol. The molecule has 0 aliphatic carbocycles. The molecule has 0 fully saturated rings. The minimum atomic E-state index is -0.324. The van der Waals surface area contributed by atoms with E-state index in [1.54, 1.807) is 11.6 Å². The van der Waals surface area contributed by atoms with Gasteiger partial charge in [-0.25, -0.2) is 0 Å². The Balaban J connectivity index is 3.41. The van der Waals surface area contributed by atoms with Gasteiger partial charge >= 0.3 is 5.69 Å². The fraction of sp³-hybridized carbons (Fsp3) is 0.750. The SMILES string of the molecule is CNC(C)C(C)c1c([N+](=O)[O-])c(C)nn1C(C)C. The van der Waals surface area contributed by atoms with Gasteiger partial charge in [0.1, 0.15) is 11.4 Å². The van der Waals surface area contributed by atoms with Gasteiger partial charge < -0.3 is 5.32 Å². The summed E-state index contributed by atoms with van der Waals surface area (Å²) in [5.74, 6) is 0.0269. The highest BCUT2D eigenvalue weighted by Gasteiger charge is 2.31. The molecule has 1 aromatic heterocycles. The molecule has 1 aromatic rings. The van der Waals surface area contributed by atoms with Crippen molar-refractivity contribution in [2.24, 2.45) is 0 Å². The molecule has 6 nitrogen and oxygen atoms in total. The molecule has 0 aromatic carbocycles. The lowest BCUT2D eigenvalue weighted by Crippen LogP contribution is -2.29. The number of nitro groups is 1. The van der Waals surface area contributed by atoms with E-state index in [9.17, 15) is 10.1 Å². The molecule has 2 unspecified atom stereocenters. The van der Waals surface area contributed by atoms with E-state index < -0.39 is 0 Å². The van der Waals surface area contributed by atoms with Crippen LogP contribution in [0.25, 0.3) is 0 Å². The molecule has 0 aliphatic heterocycles. The lowest BCUT2D eigenvalue weighted by molar-refractivity contribution is -0.386. The summed E-state index contributed by atoms with van der Waals surface area (Å²) >= 11 is 0. The Morgan fingerprint density at radius 3 is 2.28 bits per heavy atom. The fourth-order valence-electron chi connectivity index (χ4n) is 2.09. The Kier molecular flexibility index (Phi) is 4.45. The maximum absolute atomic E-state index is 11.2. The molecule has 1 N–H and O–H groups in total. The predicted molar refractivity (Wildman–Crippen MR) is 70.9 cm³/mol. The highest BCUT2D eigenvalue weighted by molar-refractivity contribution is 5.43. The largest absolute Gasteiger partial charge is 0.317 e. The number of likely N-dealkylation sites (N-methyl/N-ethyl adjacent to an activating group) is 1. The number of hydrogen-bond acceptors (Lipinski definition) is 4. The normalized spacial score (nSPS) is 14.8. The minimum absolute atomic E-state index is 0.0269. The van der Waals surface area contributed by atoms with Crippen LogP contribution in [-0.2, 0) is 0 Å². The first-order chi connectivity index (χ1) is 8.31. The van der Waals surface area contributed by atoms with Crippen LogP contribution in [0.5, 0.6) is 0 Å². The molecule has 1 rings (SSSR count). The minimum Gasteiger partial charge on any atom is -0.317 e. The molecule has 6 heteroatoms. The first-order valence-corrected chi connectivity index (χ1v) is 6.21. The Labute approximate surface area is 108 Å². The molecule has 0 radical (unpaired) electrons. The quantitative estimate of drug-likeness (QED) is 0.646. The standard InChI is InChI=1S/C12H22N4O2/c1-7(2)15-11(8(3)9(4)13-6)12(16(17)18)10(5)14-15/h7-9,13H,1-6H3. The van der Waals surface area contributed by atoms with E-state index in [1.807, 2.05) is 34.7 Å². The summed E-state index contributed by atoms with van der Waals surface area (Å²) in [6.45, 7) is 9.66. The van der Waals surface area contributed by atoms with Crippen molar-refractivity contribution in [2.45, 2.75) is 52.6 Å². The summed E-state index contributed by atoms with van der Waals surface area (Å²) in [5, 5.41) is 18.7. The first kappa shape index (κ1) is 14.6. The van der Waals surface area contributed by atoms with Crippen LogP contribution in [0.1, 0.15) is 51.0 Å². The molecule has 2 atom stereocenters. The van der Waals surface area contributed by atoms with Gasteiger partial charge in [0.05, 0.1) is 4.92 Å². The van der Waals surface area contributed by atoms with E-state index in [2.05, 4.69) is 10.4 Å². The Hall–Kier alpha value is -1.43. The van der Waals surface area contributed by atoms with Crippen LogP contribution in [0.2, 0.25) is 0 Å². The first-order valence-electron chi connectivity index (χ1n) is 6.21. The molecule has 0 saturated carbocycles. The molecular formula is C12H22N4O2. The molecule has 1 heterocycles. The number of nitrogens with one attached hydrogen (secondary N) is 1. The summed E-state index contributed by atoms with van der Waals surface area (Å²) in [6, 6.07) is 0.260. The molecule has 0 saturated heterocycles. The van der Waals surface area contributed by atoms with Gasteiger partial charge in [0.2, 0.25) is 0 Å². The maximum atomic E-state index is 11.2. The Morgan fingerprint density at radius 2 is 1.89 bits per heavy atom. The van der Waals surface area contributed by atoms with E-state index in [4.69, 9.17) is 0 Å². The van der Waals surface area contributed by atoms with Crippen molar-refractivity contribution >= 4 is 5.69 Å². The smallest absolute Gasteiger partial charge is 0.313 e. The van der Waals surface area contributed by atoms with Crippen LogP contribution in [0.4, 0.5) is 5.69 Å². The number of aryl methyl sites for hydroxylation is 1. The summed E-state index contributed by atoms with van der Waals surface area (Å²) in [5.41, 5.74) is 1.34. The van der Waals surface area contributed by atoms with E-state index in [1.165, 1.54) is 0 Å². The zero-order valence-corrected chi connectivity index (χ0v) is 11.9. The summed E-state index contributed by atoms with van der Waals surface area (Å²) in [4.78, 5) is 10.9. The number of nitrogens with zero attached hydrogens (tertiary/aromatic N) is 3. The van der Waals surface area contributed by atoms with Crippen LogP contribution in [0.15, 0.2) is 0 Å². The third kappa shape index (κ3) is 2.53. The van der Waals surface area contributed by atoms with Crippen molar-refractivity contribution < 1.29 is 4.92 Å². The van der Waals surface area contributed by atoms with Gasteiger partial charge in [0, 0.05) is 18.0 Å². The highest BCUT2D eigenvalue weighted by atomic mass is 16.6. The van der Waals surface area contributed by atoms with Crippen LogP contribution in [0.3, 0.4) is 0 Å². The lowest BCUT2D eigenvalue weighted by atomic mass is 9.97. The summed E-state index contributed by atoms with van der Waals surface area (Å²) in [6.07, 6.45) is 0. The third-order valence-corrected chi connectivity index (χ3v) is 3.40. The van der Waals surface area contributed by atoms with Gasteiger partial charge in [-0.05, 0) is 34.7 Å². The van der Waals surface area contributed by atoms with Gasteiger partial charge in [0.15, 0.2) is 0 Å². The molecule has 102 valence electrons. The zero-order valence-electron chi connectivity index (χ0n) is 11.9. The Bertz CT molecular complexity index is 440. The second-order valence-corrected chi connectivity index (χ2v) is 4.98. The average Bonchev–Trinajstić information content (AvgIpc) is 2.64. The molecule has 0 amide bonds. The van der Waals surface area contributed by atoms with Gasteiger partial charge in [-0.15, -0.1) is 0 Å². The van der Waals surface area contributed by atoms with Gasteiger partial charge in [0.25, 0.3) is 0 Å². The maximum Gasteiger partial charge on any atom is 0.313 e. The van der Waals surface area contributed by atoms with Gasteiger partial charge in [-0.2, -0.15) is 5.10 Å². The number of aromatic nitrogens is 2. The van der Waals surface area contributed by atoms with Crippen LogP contribution in [-0.4, -0.2) is 27.8 Å². The van der Waals surface area contributed by atoms with E-state index in [0.29, 0.717) is 11.4 Å². The third-order valence-electron chi connectivity index (χ3n) is 3.40. The van der Waals surface area contributed by atoms with Crippen LogP contribution < -0.4 is 5.32 Å². The van der Waals surface area contributed by atoms with Crippen molar-refractivity contribution in [3.63, 3.8) is 0 Å². The number of hydrogen-bond donors (Lipinski definition) is 1. The van der Waals surface area contributed by atoms with Crippen molar-refractivity contribution in [3.8, 4) is 0 Å². The van der Waals surface area contributed by atoms with Crippen molar-refractivity contribution in [1.82, 2.24) is 15.1 Å². The molecule has 0 aliphatic rings. The summed E-state index contributed by atoms with van der Waals surface area (Å²) in [7, 11) is 1.86. The molecular weight excluding hydrogens is 232 g/mol. The predicted octanol–water partition coefficient (Wildman–Crippen LogP) is 2.39. The second-order valence-electron chi connectivity index (χ2n) is 4.98. The highest BCUT2D eigenvalue weighted by Crippen LogP contribution is 2.33. The molecule has 18 heavy (non-hydrogen) atoms. The van der Waals surface area contributed by atoms with E-state index >= 15 is 0 Å². The van der Waals surface area contributed by atoms with Crippen LogP contribution >= 0.6 is 0 Å². The zero-order chi connectivity index (χ0) is 14.0. The van der Waals surface area contributed by atoms with E-state index in [-0.39, 0.29) is 28.6 Å². The van der Waals surface area contributed by atoms with E-state index in [0.717, 1.165) is 0 Å². The molecule has 0 spiro atoms. The monoisotopic (exact) mass is 254 g/mol. The van der Waals surface area contributed by atoms with Gasteiger partial charge in [-0.1, -0.05) is 6.92 Å². The van der Waals surface area contributed by atoms with Crippen molar-refractivity contribution in [1.29, 1.82) is 0 Å². The lowest BCUT2D eigenvalue weighted by Gasteiger charge is -2.21. The Morgan fingerprint density at radius 1 is 1.33 bits per heavy atom. The second kappa shape index (κ2) is 5.48. The topological polar surface area (TPSA) is 73.0 Å². The number of rotatable bonds is 5. The fourth-order valence-corrected chi connectivity index (χ4v) is 2.09. The van der Waals surface area contributed by atoms with Crippen molar-refractivity contribution in [3.05, 3.63) is 21.5 Å².